The Bertz CT molecular complexity index is 521. The third-order valence-corrected chi connectivity index (χ3v) is 2.12. The van der Waals surface area contributed by atoms with Crippen molar-refractivity contribution in [1.29, 1.82) is 0 Å². The minimum Gasteiger partial charge on any atom is -0.476 e. The van der Waals surface area contributed by atoms with E-state index in [1.807, 2.05) is 7.05 Å². The van der Waals surface area contributed by atoms with E-state index in [9.17, 15) is 4.79 Å². The number of hydrogen-bond donors (Lipinski definition) is 2. The predicted molar refractivity (Wildman–Crippen MR) is 57.3 cm³/mol. The summed E-state index contributed by atoms with van der Waals surface area (Å²) in [5.41, 5.74) is -0.0887. The number of nitrogens with zero attached hydrogens (tertiary/aromatic N) is 5. The maximum Gasteiger partial charge on any atom is 0.356 e. The van der Waals surface area contributed by atoms with Crippen molar-refractivity contribution in [3.63, 3.8) is 0 Å². The fraction of sp³-hybridized carbons (Fsp3) is 0.222. The van der Waals surface area contributed by atoms with Crippen LogP contribution in [0.5, 0.6) is 0 Å². The Kier molecular flexibility index (Phi) is 2.95. The van der Waals surface area contributed by atoms with Crippen LogP contribution in [0, 0.1) is 0 Å². The van der Waals surface area contributed by atoms with Gasteiger partial charge in [-0.05, 0) is 12.1 Å². The number of aromatic carboxylic acids is 1. The van der Waals surface area contributed by atoms with Crippen LogP contribution in [0.2, 0.25) is 0 Å². The van der Waals surface area contributed by atoms with Gasteiger partial charge >= 0.3 is 5.97 Å². The van der Waals surface area contributed by atoms with Crippen LogP contribution in [-0.4, -0.2) is 36.0 Å². The molecule has 0 saturated carbocycles. The smallest absolute Gasteiger partial charge is 0.356 e. The van der Waals surface area contributed by atoms with Crippen molar-refractivity contribution in [2.24, 2.45) is 7.05 Å². The molecular formula is C9H10N6O2. The van der Waals surface area contributed by atoms with Gasteiger partial charge in [0.2, 0.25) is 0 Å². The average molecular weight is 234 g/mol. The molecule has 0 unspecified atom stereocenters. The summed E-state index contributed by atoms with van der Waals surface area (Å²) in [4.78, 5) is 10.6. The Labute approximate surface area is 96.3 Å². The predicted octanol–water partition coefficient (Wildman–Crippen LogP) is -0.0846. The van der Waals surface area contributed by atoms with Crippen LogP contribution in [-0.2, 0) is 13.6 Å². The number of rotatable bonds is 4. The first-order valence-corrected chi connectivity index (χ1v) is 4.80. The molecule has 0 spiro atoms. The van der Waals surface area contributed by atoms with E-state index < -0.39 is 5.97 Å². The lowest BCUT2D eigenvalue weighted by molar-refractivity contribution is 0.0689. The number of aryl methyl sites for hydroxylation is 1. The molecule has 88 valence electrons. The van der Waals surface area contributed by atoms with Crippen molar-refractivity contribution in [3.05, 3.63) is 30.0 Å². The van der Waals surface area contributed by atoms with E-state index in [-0.39, 0.29) is 5.69 Å². The molecule has 2 aromatic heterocycles. The summed E-state index contributed by atoms with van der Waals surface area (Å²) in [6, 6.07) is 2.93. The maximum absolute atomic E-state index is 10.6. The van der Waals surface area contributed by atoms with Crippen LogP contribution < -0.4 is 5.32 Å². The molecular weight excluding hydrogens is 224 g/mol. The highest BCUT2D eigenvalue weighted by Gasteiger charge is 2.05. The third kappa shape index (κ3) is 2.54. The molecule has 17 heavy (non-hydrogen) atoms. The average Bonchev–Trinajstić information content (AvgIpc) is 2.73. The summed E-state index contributed by atoms with van der Waals surface area (Å²) in [5.74, 6) is 0.129. The van der Waals surface area contributed by atoms with Gasteiger partial charge in [-0.15, -0.1) is 20.4 Å². The second-order valence-electron chi connectivity index (χ2n) is 3.32. The fourth-order valence-corrected chi connectivity index (χ4v) is 1.18. The molecule has 0 aromatic carbocycles. The van der Waals surface area contributed by atoms with Crippen molar-refractivity contribution >= 4 is 11.8 Å². The first kappa shape index (κ1) is 11.0. The Hall–Kier alpha value is -2.51. The van der Waals surface area contributed by atoms with E-state index >= 15 is 0 Å². The summed E-state index contributed by atoms with van der Waals surface area (Å²) >= 11 is 0. The normalized spacial score (nSPS) is 10.2. The van der Waals surface area contributed by atoms with E-state index in [4.69, 9.17) is 5.11 Å². The standard InChI is InChI=1S/C9H10N6O2/c1-15-5-11-14-8(15)4-10-7-3-2-6(9(16)17)12-13-7/h2-3,5H,4H2,1H3,(H,10,13)(H,16,17). The number of carboxylic acid groups (broad SMARTS) is 1. The van der Waals surface area contributed by atoms with Gasteiger partial charge in [0.15, 0.2) is 11.5 Å². The van der Waals surface area contributed by atoms with Gasteiger partial charge in [-0.1, -0.05) is 0 Å². The molecule has 0 bridgehead atoms. The van der Waals surface area contributed by atoms with Crippen molar-refractivity contribution in [3.8, 4) is 0 Å². The highest BCUT2D eigenvalue weighted by Crippen LogP contribution is 2.03. The highest BCUT2D eigenvalue weighted by molar-refractivity contribution is 5.85. The summed E-state index contributed by atoms with van der Waals surface area (Å²) in [7, 11) is 1.83. The lowest BCUT2D eigenvalue weighted by Crippen LogP contribution is -2.09. The van der Waals surface area contributed by atoms with Crippen LogP contribution in [0.3, 0.4) is 0 Å². The van der Waals surface area contributed by atoms with Crippen LogP contribution in [0.25, 0.3) is 0 Å². The van der Waals surface area contributed by atoms with Crippen LogP contribution in [0.1, 0.15) is 16.3 Å². The van der Waals surface area contributed by atoms with Crippen molar-refractivity contribution in [2.45, 2.75) is 6.54 Å². The largest absolute Gasteiger partial charge is 0.476 e. The molecule has 8 nitrogen and oxygen atoms in total. The molecule has 2 aromatic rings. The SMILES string of the molecule is Cn1cnnc1CNc1ccc(C(=O)O)nn1. The van der Waals surface area contributed by atoms with E-state index in [2.05, 4.69) is 25.7 Å². The molecule has 0 aliphatic carbocycles. The number of carbonyl (C=O) groups is 1. The zero-order chi connectivity index (χ0) is 12.3. The molecule has 0 amide bonds. The van der Waals surface area contributed by atoms with Gasteiger partial charge in [0.05, 0.1) is 6.54 Å². The number of nitrogens with one attached hydrogen (secondary N) is 1. The zero-order valence-electron chi connectivity index (χ0n) is 9.03. The van der Waals surface area contributed by atoms with Crippen molar-refractivity contribution < 1.29 is 9.90 Å². The molecule has 0 aliphatic heterocycles. The summed E-state index contributed by atoms with van der Waals surface area (Å²) in [5, 5.41) is 26.5. The molecule has 0 saturated heterocycles. The highest BCUT2D eigenvalue weighted by atomic mass is 16.4. The summed E-state index contributed by atoms with van der Waals surface area (Å²) in [6.45, 7) is 0.442. The molecule has 0 fully saturated rings. The van der Waals surface area contributed by atoms with Gasteiger partial charge in [-0.2, -0.15) is 0 Å². The summed E-state index contributed by atoms with van der Waals surface area (Å²) < 4.78 is 1.77. The Morgan fingerprint density at radius 2 is 2.24 bits per heavy atom. The first-order valence-electron chi connectivity index (χ1n) is 4.80. The Morgan fingerprint density at radius 1 is 1.41 bits per heavy atom. The van der Waals surface area contributed by atoms with E-state index in [1.165, 1.54) is 6.07 Å². The lowest BCUT2D eigenvalue weighted by Gasteiger charge is -2.03. The number of hydrogen-bond acceptors (Lipinski definition) is 6. The summed E-state index contributed by atoms with van der Waals surface area (Å²) in [6.07, 6.45) is 1.59. The fourth-order valence-electron chi connectivity index (χ4n) is 1.18. The minimum atomic E-state index is -1.10. The number of anilines is 1. The zero-order valence-corrected chi connectivity index (χ0v) is 9.03. The van der Waals surface area contributed by atoms with Crippen molar-refractivity contribution in [1.82, 2.24) is 25.0 Å². The van der Waals surface area contributed by atoms with Gasteiger partial charge in [0, 0.05) is 7.05 Å². The van der Waals surface area contributed by atoms with Crippen molar-refractivity contribution in [2.75, 3.05) is 5.32 Å². The van der Waals surface area contributed by atoms with Crippen LogP contribution in [0.4, 0.5) is 5.82 Å². The minimum absolute atomic E-state index is 0.0887. The molecule has 2 N–H and O–H groups in total. The van der Waals surface area contributed by atoms with Gasteiger partial charge in [0.1, 0.15) is 12.1 Å². The number of carboxylic acids is 1. The monoisotopic (exact) mass is 234 g/mol. The topological polar surface area (TPSA) is 106 Å². The molecule has 0 aliphatic rings. The van der Waals surface area contributed by atoms with E-state index in [1.54, 1.807) is 17.0 Å². The van der Waals surface area contributed by atoms with Crippen LogP contribution >= 0.6 is 0 Å². The quantitative estimate of drug-likeness (QED) is 0.761. The maximum atomic E-state index is 10.6. The van der Waals surface area contributed by atoms with Gasteiger partial charge in [-0.25, -0.2) is 4.79 Å². The third-order valence-electron chi connectivity index (χ3n) is 2.12. The second-order valence-corrected chi connectivity index (χ2v) is 3.32. The Balaban J connectivity index is 2.00. The lowest BCUT2D eigenvalue weighted by atomic mass is 10.4. The molecule has 2 heterocycles. The van der Waals surface area contributed by atoms with Gasteiger partial charge < -0.3 is 15.0 Å². The molecule has 2 rings (SSSR count). The van der Waals surface area contributed by atoms with Crippen LogP contribution in [0.15, 0.2) is 18.5 Å². The van der Waals surface area contributed by atoms with Gasteiger partial charge in [0.25, 0.3) is 0 Å². The molecule has 0 radical (unpaired) electrons. The molecule has 0 atom stereocenters. The number of aromatic nitrogens is 5. The Morgan fingerprint density at radius 3 is 2.76 bits per heavy atom. The first-order chi connectivity index (χ1) is 8.16. The van der Waals surface area contributed by atoms with E-state index in [0.717, 1.165) is 5.82 Å². The van der Waals surface area contributed by atoms with Gasteiger partial charge in [-0.3, -0.25) is 0 Å². The second kappa shape index (κ2) is 4.56. The molecule has 8 heteroatoms. The van der Waals surface area contributed by atoms with E-state index in [0.29, 0.717) is 12.4 Å².